The summed E-state index contributed by atoms with van der Waals surface area (Å²) in [5.74, 6) is 0. The lowest BCUT2D eigenvalue weighted by atomic mass is 9.91. The van der Waals surface area contributed by atoms with Gasteiger partial charge in [-0.3, -0.25) is 4.40 Å². The first kappa shape index (κ1) is 36.0. The van der Waals surface area contributed by atoms with Crippen molar-refractivity contribution >= 4 is 16.4 Å². The van der Waals surface area contributed by atoms with Gasteiger partial charge in [-0.2, -0.15) is 0 Å². The zero-order valence-electron chi connectivity index (χ0n) is 33.5. The third-order valence-electron chi connectivity index (χ3n) is 11.8. The van der Waals surface area contributed by atoms with Crippen molar-refractivity contribution in [1.29, 1.82) is 0 Å². The third-order valence-corrected chi connectivity index (χ3v) is 11.8. The molecule has 0 unspecified atom stereocenters. The van der Waals surface area contributed by atoms with Crippen molar-refractivity contribution in [2.75, 3.05) is 0 Å². The van der Waals surface area contributed by atoms with Crippen molar-refractivity contribution in [3.63, 3.8) is 0 Å². The number of benzene rings is 9. The number of nitrogens with zero attached hydrogens (tertiary/aromatic N) is 2. The van der Waals surface area contributed by atoms with Crippen LogP contribution in [0.1, 0.15) is 0 Å². The molecule has 0 atom stereocenters. The van der Waals surface area contributed by atoms with Crippen LogP contribution in [0, 0.1) is 0 Å². The van der Waals surface area contributed by atoms with Gasteiger partial charge in [0.1, 0.15) is 5.65 Å². The first-order valence-corrected chi connectivity index (χ1v) is 20.9. The molecule has 286 valence electrons. The topological polar surface area (TPSA) is 17.3 Å². The van der Waals surface area contributed by atoms with E-state index in [9.17, 15) is 0 Å². The number of rotatable bonds is 8. The third kappa shape index (κ3) is 6.90. The number of fused-ring (bicyclic) bond motifs is 3. The molecule has 2 aromatic heterocycles. The first-order chi connectivity index (χ1) is 30.2. The summed E-state index contributed by atoms with van der Waals surface area (Å²) >= 11 is 0. The Balaban J connectivity index is 1.04. The van der Waals surface area contributed by atoms with Crippen LogP contribution in [0.5, 0.6) is 0 Å². The summed E-state index contributed by atoms with van der Waals surface area (Å²) in [6.07, 6.45) is 0. The van der Waals surface area contributed by atoms with Crippen LogP contribution in [0.2, 0.25) is 0 Å². The van der Waals surface area contributed by atoms with E-state index in [1.54, 1.807) is 0 Å². The summed E-state index contributed by atoms with van der Waals surface area (Å²) in [5.41, 5.74) is 19.4. The minimum atomic E-state index is 0.948. The molecule has 0 N–H and O–H groups in total. The molecule has 0 aliphatic rings. The Labute approximate surface area is 356 Å². The molecule has 0 saturated carbocycles. The second kappa shape index (κ2) is 15.6. The molecule has 0 spiro atoms. The molecule has 0 amide bonds. The van der Waals surface area contributed by atoms with Gasteiger partial charge in [0.15, 0.2) is 0 Å². The zero-order chi connectivity index (χ0) is 40.5. The first-order valence-electron chi connectivity index (χ1n) is 20.9. The summed E-state index contributed by atoms with van der Waals surface area (Å²) < 4.78 is 2.36. The van der Waals surface area contributed by atoms with Crippen LogP contribution >= 0.6 is 0 Å². The average Bonchev–Trinajstić information content (AvgIpc) is 3.69. The highest BCUT2D eigenvalue weighted by atomic mass is 15.0. The molecule has 2 heteroatoms. The maximum Gasteiger partial charge on any atom is 0.146 e. The van der Waals surface area contributed by atoms with Crippen molar-refractivity contribution in [3.8, 4) is 89.4 Å². The minimum Gasteiger partial charge on any atom is -0.293 e. The molecule has 0 fully saturated rings. The molecular weight excluding hydrogens is 737 g/mol. The maximum absolute atomic E-state index is 5.36. The van der Waals surface area contributed by atoms with Crippen LogP contribution in [0.25, 0.3) is 106 Å². The largest absolute Gasteiger partial charge is 0.293 e. The Morgan fingerprint density at radius 3 is 1.02 bits per heavy atom. The zero-order valence-corrected chi connectivity index (χ0v) is 33.5. The fourth-order valence-electron chi connectivity index (χ4n) is 8.70. The molecule has 9 aromatic carbocycles. The van der Waals surface area contributed by atoms with Crippen LogP contribution in [-0.2, 0) is 0 Å². The van der Waals surface area contributed by atoms with Gasteiger partial charge in [-0.1, -0.05) is 218 Å². The van der Waals surface area contributed by atoms with Crippen LogP contribution in [0.3, 0.4) is 0 Å². The number of hydrogen-bond donors (Lipinski definition) is 0. The van der Waals surface area contributed by atoms with Crippen LogP contribution in [0.15, 0.2) is 243 Å². The normalized spacial score (nSPS) is 11.3. The fraction of sp³-hybridized carbons (Fsp3) is 0. The van der Waals surface area contributed by atoms with E-state index in [4.69, 9.17) is 4.98 Å². The van der Waals surface area contributed by atoms with Gasteiger partial charge in [0.25, 0.3) is 0 Å². The van der Waals surface area contributed by atoms with Crippen LogP contribution < -0.4 is 0 Å². The molecule has 2 nitrogen and oxygen atoms in total. The molecule has 2 heterocycles. The van der Waals surface area contributed by atoms with Crippen LogP contribution in [0.4, 0.5) is 0 Å². The van der Waals surface area contributed by atoms with Gasteiger partial charge in [-0.15, -0.1) is 0 Å². The molecule has 0 aliphatic heterocycles. The van der Waals surface area contributed by atoms with E-state index in [-0.39, 0.29) is 0 Å². The molecule has 0 bridgehead atoms. The van der Waals surface area contributed by atoms with Crippen molar-refractivity contribution in [1.82, 2.24) is 9.38 Å². The van der Waals surface area contributed by atoms with E-state index < -0.39 is 0 Å². The van der Waals surface area contributed by atoms with Gasteiger partial charge >= 0.3 is 0 Å². The van der Waals surface area contributed by atoms with Gasteiger partial charge < -0.3 is 0 Å². The molecule has 0 aliphatic carbocycles. The highest BCUT2D eigenvalue weighted by Gasteiger charge is 2.20. The van der Waals surface area contributed by atoms with Crippen molar-refractivity contribution in [2.24, 2.45) is 0 Å². The average molecular weight is 777 g/mol. The van der Waals surface area contributed by atoms with E-state index in [1.807, 2.05) is 0 Å². The number of hydrogen-bond acceptors (Lipinski definition) is 1. The molecule has 11 aromatic rings. The smallest absolute Gasteiger partial charge is 0.146 e. The van der Waals surface area contributed by atoms with Gasteiger partial charge in [0.2, 0.25) is 0 Å². The minimum absolute atomic E-state index is 0.948. The SMILES string of the molecule is c1ccc(-c2ccc(-c3cc(-c4ccc(-c5ccccc5)cc4)cc(-c4ccc(-c5c6ccccc6c6nc(-c7ccccc7)cc(-c7ccccc7)n56)cc4)c3)cc2)cc1. The lowest BCUT2D eigenvalue weighted by molar-refractivity contribution is 1.15. The Morgan fingerprint density at radius 1 is 0.246 bits per heavy atom. The van der Waals surface area contributed by atoms with Gasteiger partial charge in [-0.05, 0) is 91.0 Å². The Hall–Kier alpha value is -8.07. The molecule has 11 rings (SSSR count). The summed E-state index contributed by atoms with van der Waals surface area (Å²) in [6, 6.07) is 87.2. The molecule has 61 heavy (non-hydrogen) atoms. The molecule has 0 saturated heterocycles. The lowest BCUT2D eigenvalue weighted by Crippen LogP contribution is -1.99. The predicted molar refractivity (Wildman–Crippen MR) is 256 cm³/mol. The highest BCUT2D eigenvalue weighted by Crippen LogP contribution is 2.40. The fourth-order valence-corrected chi connectivity index (χ4v) is 8.70. The van der Waals surface area contributed by atoms with Gasteiger partial charge in [-0.25, -0.2) is 4.98 Å². The molecule has 0 radical (unpaired) electrons. The Morgan fingerprint density at radius 2 is 0.574 bits per heavy atom. The maximum atomic E-state index is 5.36. The summed E-state index contributed by atoms with van der Waals surface area (Å²) in [4.78, 5) is 5.36. The van der Waals surface area contributed by atoms with Crippen molar-refractivity contribution in [2.45, 2.75) is 0 Å². The Kier molecular flexibility index (Phi) is 9.22. The summed E-state index contributed by atoms with van der Waals surface area (Å²) in [6.45, 7) is 0. The van der Waals surface area contributed by atoms with Gasteiger partial charge in [0.05, 0.1) is 17.1 Å². The molecular formula is C59H40N2. The quantitative estimate of drug-likeness (QED) is 0.150. The van der Waals surface area contributed by atoms with E-state index in [1.165, 1.54) is 55.5 Å². The highest BCUT2D eigenvalue weighted by molar-refractivity contribution is 6.07. The predicted octanol–water partition coefficient (Wildman–Crippen LogP) is 15.8. The lowest BCUT2D eigenvalue weighted by Gasteiger charge is -2.14. The second-order valence-electron chi connectivity index (χ2n) is 15.6. The second-order valence-corrected chi connectivity index (χ2v) is 15.6. The standard InChI is InChI=1S/C59H40N2/c1-5-15-41(16-6-1)43-25-29-45(30-26-43)51-37-52(46-31-27-44(28-32-46)42-17-7-2-8-18-42)39-53(38-51)47-33-35-50(36-34-47)58-54-23-13-14-24-55(54)59-60-56(48-19-9-3-10-20-48)40-57(61(58)59)49-21-11-4-12-22-49/h1-40H. The van der Waals surface area contributed by atoms with E-state index in [0.717, 1.165) is 50.4 Å². The van der Waals surface area contributed by atoms with Crippen molar-refractivity contribution < 1.29 is 0 Å². The monoisotopic (exact) mass is 776 g/mol. The van der Waals surface area contributed by atoms with Crippen molar-refractivity contribution in [3.05, 3.63) is 243 Å². The number of aromatic nitrogens is 2. The summed E-state index contributed by atoms with van der Waals surface area (Å²) in [5, 5.41) is 2.30. The van der Waals surface area contributed by atoms with Gasteiger partial charge in [0, 0.05) is 16.3 Å². The summed E-state index contributed by atoms with van der Waals surface area (Å²) in [7, 11) is 0. The van der Waals surface area contributed by atoms with Crippen LogP contribution in [-0.4, -0.2) is 9.38 Å². The van der Waals surface area contributed by atoms with E-state index >= 15 is 0 Å². The van der Waals surface area contributed by atoms with E-state index in [0.29, 0.717) is 0 Å². The van der Waals surface area contributed by atoms with E-state index in [2.05, 4.69) is 247 Å². The Bertz CT molecular complexity index is 3180.